The number of nitrogens with zero attached hydrogens (tertiary/aromatic N) is 6. The minimum atomic E-state index is -4.38. The normalized spacial score (nSPS) is 21.6. The van der Waals surface area contributed by atoms with Crippen LogP contribution in [0.15, 0.2) is 42.9 Å². The van der Waals surface area contributed by atoms with Crippen molar-refractivity contribution in [3.8, 4) is 11.3 Å². The van der Waals surface area contributed by atoms with Crippen LogP contribution in [0.3, 0.4) is 0 Å². The fourth-order valence-electron chi connectivity index (χ4n) is 4.83. The highest BCUT2D eigenvalue weighted by molar-refractivity contribution is 5.63. The zero-order chi connectivity index (χ0) is 24.6. The SMILES string of the molecule is CC1CN(Cc2cn[nH]c2-c2ccc(N3CCC(O)C3)nc2)CCN1c1ccc(C(F)(F)F)cn1. The van der Waals surface area contributed by atoms with Crippen molar-refractivity contribution in [2.45, 2.75) is 38.2 Å². The molecule has 0 amide bonds. The molecular formula is C24H28F3N7O. The summed E-state index contributed by atoms with van der Waals surface area (Å²) in [6.07, 6.45) is 0.632. The van der Waals surface area contributed by atoms with E-state index in [1.807, 2.05) is 29.4 Å². The highest BCUT2D eigenvalue weighted by atomic mass is 19.4. The molecule has 0 radical (unpaired) electrons. The minimum absolute atomic E-state index is 0.0973. The highest BCUT2D eigenvalue weighted by Crippen LogP contribution is 2.30. The molecule has 186 valence electrons. The van der Waals surface area contributed by atoms with E-state index in [4.69, 9.17) is 0 Å². The molecule has 2 fully saturated rings. The Hall–Kier alpha value is -3.18. The zero-order valence-electron chi connectivity index (χ0n) is 19.4. The molecule has 2 aliphatic rings. The number of aromatic amines is 1. The van der Waals surface area contributed by atoms with Gasteiger partial charge in [0.25, 0.3) is 0 Å². The third-order valence-electron chi connectivity index (χ3n) is 6.72. The fraction of sp³-hybridized carbons (Fsp3) is 0.458. The van der Waals surface area contributed by atoms with Crippen LogP contribution in [0.5, 0.6) is 0 Å². The molecule has 2 atom stereocenters. The van der Waals surface area contributed by atoms with E-state index < -0.39 is 11.7 Å². The molecule has 35 heavy (non-hydrogen) atoms. The van der Waals surface area contributed by atoms with Crippen LogP contribution < -0.4 is 9.80 Å². The number of rotatable bonds is 5. The Bertz CT molecular complexity index is 1130. The first-order chi connectivity index (χ1) is 16.8. The smallest absolute Gasteiger partial charge is 0.391 e. The van der Waals surface area contributed by atoms with Gasteiger partial charge in [-0.25, -0.2) is 9.97 Å². The molecule has 0 spiro atoms. The lowest BCUT2D eigenvalue weighted by atomic mass is 10.1. The van der Waals surface area contributed by atoms with E-state index in [0.717, 1.165) is 61.0 Å². The third kappa shape index (κ3) is 5.10. The van der Waals surface area contributed by atoms with Crippen molar-refractivity contribution in [2.24, 2.45) is 0 Å². The van der Waals surface area contributed by atoms with Crippen LogP contribution in [-0.2, 0) is 12.7 Å². The lowest BCUT2D eigenvalue weighted by Crippen LogP contribution is -2.51. The van der Waals surface area contributed by atoms with Crippen molar-refractivity contribution in [2.75, 3.05) is 42.5 Å². The van der Waals surface area contributed by atoms with Crippen molar-refractivity contribution >= 4 is 11.6 Å². The van der Waals surface area contributed by atoms with Gasteiger partial charge >= 0.3 is 6.18 Å². The third-order valence-corrected chi connectivity index (χ3v) is 6.72. The number of piperazine rings is 1. The van der Waals surface area contributed by atoms with Crippen LogP contribution in [0.1, 0.15) is 24.5 Å². The Balaban J connectivity index is 1.22. The zero-order valence-corrected chi connectivity index (χ0v) is 19.4. The van der Waals surface area contributed by atoms with Crippen LogP contribution in [0.25, 0.3) is 11.3 Å². The molecule has 2 saturated heterocycles. The molecule has 2 N–H and O–H groups in total. The molecule has 0 saturated carbocycles. The molecule has 3 aromatic rings. The molecular weight excluding hydrogens is 459 g/mol. The van der Waals surface area contributed by atoms with Gasteiger partial charge in [-0.2, -0.15) is 18.3 Å². The number of H-pyrrole nitrogens is 1. The van der Waals surface area contributed by atoms with Crippen LogP contribution in [0, 0.1) is 0 Å². The van der Waals surface area contributed by atoms with Crippen molar-refractivity contribution in [3.63, 3.8) is 0 Å². The number of aliphatic hydroxyl groups excluding tert-OH is 1. The monoisotopic (exact) mass is 487 g/mol. The summed E-state index contributed by atoms with van der Waals surface area (Å²) in [6.45, 7) is 6.34. The largest absolute Gasteiger partial charge is 0.417 e. The molecule has 3 aromatic heterocycles. The predicted molar refractivity (Wildman–Crippen MR) is 126 cm³/mol. The lowest BCUT2D eigenvalue weighted by molar-refractivity contribution is -0.137. The number of hydrogen-bond acceptors (Lipinski definition) is 7. The molecule has 5 heterocycles. The van der Waals surface area contributed by atoms with E-state index >= 15 is 0 Å². The predicted octanol–water partition coefficient (Wildman–Crippen LogP) is 3.17. The standard InChI is InChI=1S/C24H28F3N7O/c1-16-13-32(8-9-34(16)22-5-3-19(12-29-22)24(25,26)27)14-18-11-30-31-23(18)17-2-4-21(28-10-17)33-7-6-20(35)15-33/h2-5,10-12,16,20,35H,6-9,13-15H2,1H3,(H,30,31). The molecule has 2 unspecified atom stereocenters. The van der Waals surface area contributed by atoms with Crippen molar-refractivity contribution in [1.82, 2.24) is 25.1 Å². The van der Waals surface area contributed by atoms with E-state index in [9.17, 15) is 18.3 Å². The molecule has 11 heteroatoms. The van der Waals surface area contributed by atoms with E-state index in [0.29, 0.717) is 25.5 Å². The Morgan fingerprint density at radius 1 is 1.00 bits per heavy atom. The second-order valence-corrected chi connectivity index (χ2v) is 9.24. The summed E-state index contributed by atoms with van der Waals surface area (Å²) in [6, 6.07) is 6.61. The highest BCUT2D eigenvalue weighted by Gasteiger charge is 2.32. The minimum Gasteiger partial charge on any atom is -0.391 e. The average Bonchev–Trinajstić information content (AvgIpc) is 3.48. The van der Waals surface area contributed by atoms with Gasteiger partial charge in [0.05, 0.1) is 23.6 Å². The first kappa shape index (κ1) is 23.6. The number of pyridine rings is 2. The lowest BCUT2D eigenvalue weighted by Gasteiger charge is -2.40. The number of anilines is 2. The van der Waals surface area contributed by atoms with Gasteiger partial charge in [-0.1, -0.05) is 0 Å². The van der Waals surface area contributed by atoms with Gasteiger partial charge in [-0.3, -0.25) is 10.00 Å². The number of aromatic nitrogens is 4. The van der Waals surface area contributed by atoms with Gasteiger partial charge in [0.1, 0.15) is 11.6 Å². The maximum atomic E-state index is 12.8. The quantitative estimate of drug-likeness (QED) is 0.572. The Morgan fingerprint density at radius 3 is 2.43 bits per heavy atom. The summed E-state index contributed by atoms with van der Waals surface area (Å²) < 4.78 is 38.5. The number of halogens is 3. The molecule has 0 aliphatic carbocycles. The fourth-order valence-corrected chi connectivity index (χ4v) is 4.83. The van der Waals surface area contributed by atoms with Crippen molar-refractivity contribution in [3.05, 3.63) is 54.0 Å². The Labute approximate surface area is 201 Å². The molecule has 5 rings (SSSR count). The van der Waals surface area contributed by atoms with Gasteiger partial charge in [-0.05, 0) is 37.6 Å². The summed E-state index contributed by atoms with van der Waals surface area (Å²) >= 11 is 0. The first-order valence-corrected chi connectivity index (χ1v) is 11.7. The van der Waals surface area contributed by atoms with E-state index in [2.05, 4.69) is 36.9 Å². The molecule has 2 aliphatic heterocycles. The van der Waals surface area contributed by atoms with Crippen LogP contribution in [0.4, 0.5) is 24.8 Å². The number of alkyl halides is 3. The van der Waals surface area contributed by atoms with Crippen molar-refractivity contribution < 1.29 is 18.3 Å². The van der Waals surface area contributed by atoms with E-state index in [1.54, 1.807) is 0 Å². The Kier molecular flexibility index (Phi) is 6.37. The topological polar surface area (TPSA) is 84.4 Å². The summed E-state index contributed by atoms with van der Waals surface area (Å²) in [4.78, 5) is 15.1. The molecule has 8 nitrogen and oxygen atoms in total. The van der Waals surface area contributed by atoms with E-state index in [-0.39, 0.29) is 12.1 Å². The van der Waals surface area contributed by atoms with Crippen molar-refractivity contribution in [1.29, 1.82) is 0 Å². The van der Waals surface area contributed by atoms with Gasteiger partial charge in [0, 0.05) is 68.8 Å². The number of nitrogens with one attached hydrogen (secondary N) is 1. The maximum Gasteiger partial charge on any atom is 0.417 e. The molecule has 0 bridgehead atoms. The number of hydrogen-bond donors (Lipinski definition) is 2. The van der Waals surface area contributed by atoms with Gasteiger partial charge in [0.15, 0.2) is 0 Å². The number of β-amino-alcohol motifs (C(OH)–C–C–N with tert-alkyl or cyclic N) is 1. The molecule has 0 aromatic carbocycles. The summed E-state index contributed by atoms with van der Waals surface area (Å²) in [5, 5.41) is 17.1. The summed E-state index contributed by atoms with van der Waals surface area (Å²) in [7, 11) is 0. The second kappa shape index (κ2) is 9.46. The Morgan fingerprint density at radius 2 is 1.80 bits per heavy atom. The number of aliphatic hydroxyl groups is 1. The second-order valence-electron chi connectivity index (χ2n) is 9.24. The first-order valence-electron chi connectivity index (χ1n) is 11.7. The summed E-state index contributed by atoms with van der Waals surface area (Å²) in [5.41, 5.74) is 2.19. The van der Waals surface area contributed by atoms with Crippen LogP contribution in [0.2, 0.25) is 0 Å². The van der Waals surface area contributed by atoms with E-state index in [1.165, 1.54) is 6.07 Å². The van der Waals surface area contributed by atoms with Gasteiger partial charge < -0.3 is 14.9 Å². The van der Waals surface area contributed by atoms with Gasteiger partial charge in [0.2, 0.25) is 0 Å². The van der Waals surface area contributed by atoms with Crippen LogP contribution >= 0.6 is 0 Å². The van der Waals surface area contributed by atoms with Crippen LogP contribution in [-0.4, -0.2) is 75.0 Å². The van der Waals surface area contributed by atoms with Gasteiger partial charge in [-0.15, -0.1) is 0 Å². The maximum absolute atomic E-state index is 12.8. The average molecular weight is 488 g/mol. The summed E-state index contributed by atoms with van der Waals surface area (Å²) in [5.74, 6) is 1.42.